The molecular weight excluding hydrogens is 366 g/mol. The summed E-state index contributed by atoms with van der Waals surface area (Å²) in [6, 6.07) is 3.56. The number of thiocarbonyl (C=S) groups is 1. The van der Waals surface area contributed by atoms with E-state index in [-0.39, 0.29) is 11.0 Å². The predicted octanol–water partition coefficient (Wildman–Crippen LogP) is 3.10. The zero-order valence-corrected chi connectivity index (χ0v) is 15.8. The fourth-order valence-corrected chi connectivity index (χ4v) is 3.81. The number of anilines is 1. The third-order valence-corrected chi connectivity index (χ3v) is 5.29. The quantitative estimate of drug-likeness (QED) is 0.428. The van der Waals surface area contributed by atoms with Crippen LogP contribution in [0, 0.1) is 6.92 Å². The van der Waals surface area contributed by atoms with Crippen molar-refractivity contribution in [1.82, 2.24) is 10.9 Å². The van der Waals surface area contributed by atoms with Crippen molar-refractivity contribution in [1.29, 1.82) is 0 Å². The first-order valence-corrected chi connectivity index (χ1v) is 9.18. The van der Waals surface area contributed by atoms with Gasteiger partial charge in [-0.05, 0) is 37.7 Å². The number of rotatable bonds is 4. The first kappa shape index (κ1) is 18.4. The van der Waals surface area contributed by atoms with Gasteiger partial charge in [0.2, 0.25) is 0 Å². The number of aryl methyl sites for hydroxylation is 2. The van der Waals surface area contributed by atoms with Gasteiger partial charge in [-0.3, -0.25) is 15.6 Å². The van der Waals surface area contributed by atoms with Gasteiger partial charge in [-0.25, -0.2) is 4.79 Å². The second-order valence-corrected chi connectivity index (χ2v) is 7.44. The van der Waals surface area contributed by atoms with Crippen LogP contribution in [0.1, 0.15) is 37.4 Å². The van der Waals surface area contributed by atoms with E-state index in [4.69, 9.17) is 17.0 Å². The van der Waals surface area contributed by atoms with E-state index in [9.17, 15) is 9.59 Å². The SMILES string of the molecule is CCc1cc(C(=O)NNC(=S)Nc2sc(C)cc2C(=O)OC)cs1. The number of hydrogen-bond donors (Lipinski definition) is 3. The molecule has 1 amide bonds. The number of methoxy groups -OCH3 is 1. The molecule has 0 saturated carbocycles. The Bertz CT molecular complexity index is 767. The van der Waals surface area contributed by atoms with Crippen LogP contribution in [0.15, 0.2) is 17.5 Å². The highest BCUT2D eigenvalue weighted by Crippen LogP contribution is 2.28. The molecule has 0 saturated heterocycles. The van der Waals surface area contributed by atoms with Gasteiger partial charge < -0.3 is 10.1 Å². The molecule has 0 aliphatic heterocycles. The van der Waals surface area contributed by atoms with Gasteiger partial charge >= 0.3 is 5.97 Å². The van der Waals surface area contributed by atoms with E-state index >= 15 is 0 Å². The van der Waals surface area contributed by atoms with Gasteiger partial charge in [0.1, 0.15) is 5.00 Å². The lowest BCUT2D eigenvalue weighted by Gasteiger charge is -2.11. The van der Waals surface area contributed by atoms with Crippen LogP contribution in [0.3, 0.4) is 0 Å². The topological polar surface area (TPSA) is 79.5 Å². The molecule has 0 fully saturated rings. The van der Waals surface area contributed by atoms with Crippen LogP contribution in [-0.4, -0.2) is 24.1 Å². The third kappa shape index (κ3) is 4.53. The standard InChI is InChI=1S/C15H17N3O3S3/c1-4-10-6-9(7-23-10)12(19)17-18-15(22)16-13-11(14(20)21-3)5-8(2)24-13/h5-7H,4H2,1-3H3,(H,17,19)(H2,16,18,22). The van der Waals surface area contributed by atoms with Crippen LogP contribution in [0.2, 0.25) is 0 Å². The predicted molar refractivity (Wildman–Crippen MR) is 101 cm³/mol. The van der Waals surface area contributed by atoms with Crippen molar-refractivity contribution in [3.05, 3.63) is 38.4 Å². The molecule has 6 nitrogen and oxygen atoms in total. The maximum Gasteiger partial charge on any atom is 0.340 e. The molecule has 2 aromatic heterocycles. The maximum atomic E-state index is 12.0. The van der Waals surface area contributed by atoms with Gasteiger partial charge in [0.15, 0.2) is 5.11 Å². The summed E-state index contributed by atoms with van der Waals surface area (Å²) in [7, 11) is 1.32. The van der Waals surface area contributed by atoms with Gasteiger partial charge in [0.05, 0.1) is 18.2 Å². The Morgan fingerprint density at radius 2 is 2.04 bits per heavy atom. The van der Waals surface area contributed by atoms with Crippen molar-refractivity contribution in [3.63, 3.8) is 0 Å². The molecule has 0 spiro atoms. The monoisotopic (exact) mass is 383 g/mol. The molecule has 0 atom stereocenters. The first-order valence-electron chi connectivity index (χ1n) is 7.08. The molecule has 128 valence electrons. The third-order valence-electron chi connectivity index (χ3n) is 3.04. The Morgan fingerprint density at radius 3 is 2.67 bits per heavy atom. The molecule has 0 aliphatic rings. The van der Waals surface area contributed by atoms with E-state index in [1.165, 1.54) is 29.8 Å². The van der Waals surface area contributed by atoms with Gasteiger partial charge in [-0.15, -0.1) is 22.7 Å². The Hall–Kier alpha value is -1.97. The van der Waals surface area contributed by atoms with E-state index in [1.807, 2.05) is 19.9 Å². The molecule has 0 bridgehead atoms. The van der Waals surface area contributed by atoms with Crippen LogP contribution in [0.4, 0.5) is 5.00 Å². The van der Waals surface area contributed by atoms with Crippen molar-refractivity contribution >= 4 is 56.9 Å². The number of hydrogen-bond acceptors (Lipinski definition) is 6. The summed E-state index contributed by atoms with van der Waals surface area (Å²) < 4.78 is 4.74. The average molecular weight is 384 g/mol. The largest absolute Gasteiger partial charge is 0.465 e. The normalized spacial score (nSPS) is 10.1. The minimum absolute atomic E-state index is 0.182. The van der Waals surface area contributed by atoms with Crippen LogP contribution in [-0.2, 0) is 11.2 Å². The fourth-order valence-electron chi connectivity index (χ4n) is 1.87. The number of ether oxygens (including phenoxy) is 1. The molecular formula is C15H17N3O3S3. The second kappa shape index (κ2) is 8.22. The summed E-state index contributed by atoms with van der Waals surface area (Å²) in [5.74, 6) is -0.718. The van der Waals surface area contributed by atoms with Crippen LogP contribution in [0.25, 0.3) is 0 Å². The van der Waals surface area contributed by atoms with Gasteiger partial charge in [0.25, 0.3) is 5.91 Å². The lowest BCUT2D eigenvalue weighted by molar-refractivity contribution is 0.0602. The van der Waals surface area contributed by atoms with Gasteiger partial charge in [-0.1, -0.05) is 6.92 Å². The van der Waals surface area contributed by atoms with E-state index < -0.39 is 5.97 Å². The van der Waals surface area contributed by atoms with Crippen LogP contribution < -0.4 is 16.2 Å². The number of thiophene rings is 2. The highest BCUT2D eigenvalue weighted by atomic mass is 32.1. The number of amides is 1. The molecule has 2 heterocycles. The van der Waals surface area contributed by atoms with Crippen molar-refractivity contribution in [2.75, 3.05) is 12.4 Å². The highest BCUT2D eigenvalue weighted by Gasteiger charge is 2.16. The number of carbonyl (C=O) groups excluding carboxylic acids is 2. The zero-order valence-electron chi connectivity index (χ0n) is 13.4. The fraction of sp³-hybridized carbons (Fsp3) is 0.267. The van der Waals surface area contributed by atoms with Crippen LogP contribution >= 0.6 is 34.9 Å². The molecule has 0 radical (unpaired) electrons. The van der Waals surface area contributed by atoms with E-state index in [0.717, 1.165) is 16.2 Å². The Morgan fingerprint density at radius 1 is 1.29 bits per heavy atom. The van der Waals surface area contributed by atoms with E-state index in [0.29, 0.717) is 16.1 Å². The van der Waals surface area contributed by atoms with E-state index in [1.54, 1.807) is 11.4 Å². The molecule has 3 N–H and O–H groups in total. The number of hydrazine groups is 1. The number of nitrogens with one attached hydrogen (secondary N) is 3. The molecule has 2 aromatic rings. The van der Waals surface area contributed by atoms with Crippen LogP contribution in [0.5, 0.6) is 0 Å². The Balaban J connectivity index is 1.94. The molecule has 0 aromatic carbocycles. The summed E-state index contributed by atoms with van der Waals surface area (Å²) in [4.78, 5) is 25.8. The van der Waals surface area contributed by atoms with Gasteiger partial charge in [-0.2, -0.15) is 0 Å². The average Bonchev–Trinajstić information content (AvgIpc) is 3.18. The van der Waals surface area contributed by atoms with Crippen molar-refractivity contribution in [2.24, 2.45) is 0 Å². The smallest absolute Gasteiger partial charge is 0.340 e. The van der Waals surface area contributed by atoms with E-state index in [2.05, 4.69) is 16.2 Å². The molecule has 9 heteroatoms. The Labute approximate surface area is 153 Å². The molecule has 2 rings (SSSR count). The summed E-state index contributed by atoms with van der Waals surface area (Å²) >= 11 is 8.06. The number of carbonyl (C=O) groups is 2. The van der Waals surface area contributed by atoms with Gasteiger partial charge in [0, 0.05) is 15.1 Å². The van der Waals surface area contributed by atoms with Crippen molar-refractivity contribution in [2.45, 2.75) is 20.3 Å². The molecule has 0 aliphatic carbocycles. The number of esters is 1. The minimum Gasteiger partial charge on any atom is -0.465 e. The maximum absolute atomic E-state index is 12.0. The van der Waals surface area contributed by atoms with Crippen molar-refractivity contribution in [3.8, 4) is 0 Å². The molecule has 24 heavy (non-hydrogen) atoms. The molecule has 0 unspecified atom stereocenters. The lowest BCUT2D eigenvalue weighted by Crippen LogP contribution is -2.43. The lowest BCUT2D eigenvalue weighted by atomic mass is 10.3. The Kier molecular flexibility index (Phi) is 6.29. The second-order valence-electron chi connectivity index (χ2n) is 4.78. The summed E-state index contributed by atoms with van der Waals surface area (Å²) in [5, 5.41) is 5.44. The zero-order chi connectivity index (χ0) is 17.7. The first-order chi connectivity index (χ1) is 11.4. The summed E-state index contributed by atoms with van der Waals surface area (Å²) in [5.41, 5.74) is 6.14. The minimum atomic E-state index is -0.445. The summed E-state index contributed by atoms with van der Waals surface area (Å²) in [6.45, 7) is 3.91. The highest BCUT2D eigenvalue weighted by molar-refractivity contribution is 7.80. The van der Waals surface area contributed by atoms with Crippen molar-refractivity contribution < 1.29 is 14.3 Å². The summed E-state index contributed by atoms with van der Waals surface area (Å²) in [6.07, 6.45) is 0.888.